The van der Waals surface area contributed by atoms with Gasteiger partial charge in [-0.25, -0.2) is 0 Å². The third-order valence-electron chi connectivity index (χ3n) is 2.43. The molecule has 0 spiro atoms. The van der Waals surface area contributed by atoms with Gasteiger partial charge in [-0.05, 0) is 26.8 Å². The van der Waals surface area contributed by atoms with Gasteiger partial charge in [-0.15, -0.1) is 11.8 Å². The summed E-state index contributed by atoms with van der Waals surface area (Å²) in [4.78, 5) is 10.9. The van der Waals surface area contributed by atoms with Crippen LogP contribution >= 0.6 is 23.4 Å². The summed E-state index contributed by atoms with van der Waals surface area (Å²) in [6.45, 7) is 6.44. The van der Waals surface area contributed by atoms with E-state index < -0.39 is 11.0 Å². The third kappa shape index (κ3) is 5.66. The largest absolute Gasteiger partial charge is 0.391 e. The van der Waals surface area contributed by atoms with Crippen molar-refractivity contribution >= 4 is 29.1 Å². The minimum Gasteiger partial charge on any atom is -0.391 e. The Bertz CT molecular complexity index is 477. The van der Waals surface area contributed by atoms with Crippen LogP contribution in [-0.4, -0.2) is 34.0 Å². The quantitative estimate of drug-likeness (QED) is 0.479. The van der Waals surface area contributed by atoms with Crippen molar-refractivity contribution in [1.29, 1.82) is 0 Å². The summed E-state index contributed by atoms with van der Waals surface area (Å²) in [5.41, 5.74) is -0.110. The molecule has 0 amide bonds. The smallest absolute Gasteiger partial charge is 0.284 e. The van der Waals surface area contributed by atoms with Gasteiger partial charge in [0.1, 0.15) is 4.90 Å². The highest BCUT2D eigenvalue weighted by atomic mass is 35.5. The predicted molar refractivity (Wildman–Crippen MR) is 82.6 cm³/mol. The molecule has 112 valence electrons. The van der Waals surface area contributed by atoms with E-state index in [0.29, 0.717) is 22.2 Å². The topological polar surface area (TPSA) is 75.4 Å². The zero-order valence-corrected chi connectivity index (χ0v) is 13.3. The Kier molecular flexibility index (Phi) is 6.26. The van der Waals surface area contributed by atoms with E-state index in [0.717, 1.165) is 0 Å². The second-order valence-electron chi connectivity index (χ2n) is 5.44. The normalized spacial score (nSPS) is 13.2. The Hall–Kier alpha value is -0.820. The van der Waals surface area contributed by atoms with Gasteiger partial charge in [-0.2, -0.15) is 0 Å². The van der Waals surface area contributed by atoms with Gasteiger partial charge in [0.15, 0.2) is 0 Å². The van der Waals surface area contributed by atoms with E-state index >= 15 is 0 Å². The van der Waals surface area contributed by atoms with Gasteiger partial charge in [-0.3, -0.25) is 10.1 Å². The van der Waals surface area contributed by atoms with Crippen molar-refractivity contribution in [2.45, 2.75) is 37.3 Å². The van der Waals surface area contributed by atoms with Gasteiger partial charge < -0.3 is 10.4 Å². The highest BCUT2D eigenvalue weighted by Crippen LogP contribution is 2.35. The molecule has 0 aliphatic rings. The van der Waals surface area contributed by atoms with Crippen LogP contribution in [0.3, 0.4) is 0 Å². The van der Waals surface area contributed by atoms with Crippen molar-refractivity contribution in [2.24, 2.45) is 0 Å². The van der Waals surface area contributed by atoms with Crippen LogP contribution in [0.2, 0.25) is 5.02 Å². The van der Waals surface area contributed by atoms with Crippen molar-refractivity contribution in [3.8, 4) is 0 Å². The Morgan fingerprint density at radius 2 is 2.15 bits per heavy atom. The number of nitrogens with zero attached hydrogens (tertiary/aromatic N) is 1. The average Bonchev–Trinajstić information content (AvgIpc) is 2.33. The van der Waals surface area contributed by atoms with E-state index in [2.05, 4.69) is 5.32 Å². The average molecular weight is 319 g/mol. The molecule has 0 aromatic heterocycles. The van der Waals surface area contributed by atoms with Crippen LogP contribution < -0.4 is 5.32 Å². The molecule has 1 rings (SSSR count). The van der Waals surface area contributed by atoms with Gasteiger partial charge in [-0.1, -0.05) is 17.7 Å². The standard InChI is InChI=1S/C13H19ClN2O3S/c1-13(2,3)15-7-9(17)8-20-12-10(14)5-4-6-11(12)16(18)19/h4-6,9,15,17H,7-8H2,1-3H3. The molecule has 1 aromatic rings. The van der Waals surface area contributed by atoms with Gasteiger partial charge in [0.2, 0.25) is 0 Å². The second-order valence-corrected chi connectivity index (χ2v) is 6.88. The maximum atomic E-state index is 10.9. The summed E-state index contributed by atoms with van der Waals surface area (Å²) >= 11 is 7.18. The molecular formula is C13H19ClN2O3S. The predicted octanol–water partition coefficient (Wildman–Crippen LogP) is 3.09. The molecule has 20 heavy (non-hydrogen) atoms. The first-order chi connectivity index (χ1) is 9.20. The van der Waals surface area contributed by atoms with E-state index in [1.807, 2.05) is 20.8 Å². The number of aliphatic hydroxyl groups is 1. The summed E-state index contributed by atoms with van der Waals surface area (Å²) in [6, 6.07) is 4.56. The first-order valence-corrected chi connectivity index (χ1v) is 7.56. The number of halogens is 1. The molecule has 1 atom stereocenters. The van der Waals surface area contributed by atoms with Crippen molar-refractivity contribution < 1.29 is 10.0 Å². The molecule has 0 saturated carbocycles. The number of nitro groups is 1. The molecule has 0 radical (unpaired) electrons. The molecule has 5 nitrogen and oxygen atoms in total. The summed E-state index contributed by atoms with van der Waals surface area (Å²) in [5.74, 6) is 0.341. The van der Waals surface area contributed by atoms with Gasteiger partial charge >= 0.3 is 0 Å². The number of thioether (sulfide) groups is 1. The van der Waals surface area contributed by atoms with Gasteiger partial charge in [0, 0.05) is 23.9 Å². The molecule has 0 heterocycles. The molecule has 2 N–H and O–H groups in total. The molecule has 0 saturated heterocycles. The molecular weight excluding hydrogens is 300 g/mol. The highest BCUT2D eigenvalue weighted by molar-refractivity contribution is 7.99. The summed E-state index contributed by atoms with van der Waals surface area (Å²) in [6.07, 6.45) is -0.602. The van der Waals surface area contributed by atoms with Crippen molar-refractivity contribution in [2.75, 3.05) is 12.3 Å². The van der Waals surface area contributed by atoms with Crippen LogP contribution in [0.1, 0.15) is 20.8 Å². The fraction of sp³-hybridized carbons (Fsp3) is 0.538. The number of rotatable bonds is 6. The van der Waals surface area contributed by atoms with Crippen molar-refractivity contribution in [1.82, 2.24) is 5.32 Å². The lowest BCUT2D eigenvalue weighted by Crippen LogP contribution is -2.41. The van der Waals surface area contributed by atoms with E-state index in [1.54, 1.807) is 12.1 Å². The highest BCUT2D eigenvalue weighted by Gasteiger charge is 2.19. The zero-order chi connectivity index (χ0) is 15.3. The summed E-state index contributed by atoms with van der Waals surface area (Å²) in [7, 11) is 0. The minimum atomic E-state index is -0.602. The Labute approximate surface area is 127 Å². The molecule has 0 bridgehead atoms. The van der Waals surface area contributed by atoms with Gasteiger partial charge in [0.05, 0.1) is 16.0 Å². The Morgan fingerprint density at radius 3 is 2.70 bits per heavy atom. The number of nitro benzene ring substituents is 1. The van der Waals surface area contributed by atoms with Crippen LogP contribution in [0.15, 0.2) is 23.1 Å². The summed E-state index contributed by atoms with van der Waals surface area (Å²) < 4.78 is 0. The molecule has 0 fully saturated rings. The maximum absolute atomic E-state index is 10.9. The number of hydrogen-bond donors (Lipinski definition) is 2. The molecule has 1 aromatic carbocycles. The SMILES string of the molecule is CC(C)(C)NCC(O)CSc1c(Cl)cccc1[N+](=O)[O-]. The van der Waals surface area contributed by atoms with Crippen LogP contribution in [0.5, 0.6) is 0 Å². The molecule has 0 aliphatic heterocycles. The third-order valence-corrected chi connectivity index (χ3v) is 4.13. The number of nitrogens with one attached hydrogen (secondary N) is 1. The Morgan fingerprint density at radius 1 is 1.50 bits per heavy atom. The number of hydrogen-bond acceptors (Lipinski definition) is 5. The zero-order valence-electron chi connectivity index (χ0n) is 11.7. The maximum Gasteiger partial charge on any atom is 0.284 e. The molecule has 0 aliphatic carbocycles. The number of β-amino-alcohol motifs (C(OH)–C–C–N with tert-alkyl or cyclic N) is 1. The first kappa shape index (κ1) is 17.2. The van der Waals surface area contributed by atoms with Gasteiger partial charge in [0.25, 0.3) is 5.69 Å². The fourth-order valence-corrected chi connectivity index (χ4v) is 2.75. The van der Waals surface area contributed by atoms with E-state index in [-0.39, 0.29) is 11.2 Å². The number of benzene rings is 1. The monoisotopic (exact) mass is 318 g/mol. The second kappa shape index (κ2) is 7.26. The lowest BCUT2D eigenvalue weighted by Gasteiger charge is -2.22. The van der Waals surface area contributed by atoms with Crippen LogP contribution in [0.25, 0.3) is 0 Å². The Balaban J connectivity index is 2.64. The van der Waals surface area contributed by atoms with Crippen LogP contribution in [-0.2, 0) is 0 Å². The number of aliphatic hydroxyl groups excluding tert-OH is 1. The minimum absolute atomic E-state index is 0.0292. The van der Waals surface area contributed by atoms with Crippen molar-refractivity contribution in [3.63, 3.8) is 0 Å². The van der Waals surface area contributed by atoms with E-state index in [4.69, 9.17) is 11.6 Å². The van der Waals surface area contributed by atoms with Crippen molar-refractivity contribution in [3.05, 3.63) is 33.3 Å². The lowest BCUT2D eigenvalue weighted by molar-refractivity contribution is -0.387. The van der Waals surface area contributed by atoms with Crippen LogP contribution in [0, 0.1) is 10.1 Å². The van der Waals surface area contributed by atoms with Crippen LogP contribution in [0.4, 0.5) is 5.69 Å². The molecule has 7 heteroatoms. The fourth-order valence-electron chi connectivity index (χ4n) is 1.45. The first-order valence-electron chi connectivity index (χ1n) is 6.19. The lowest BCUT2D eigenvalue weighted by atomic mass is 10.1. The molecule has 1 unspecified atom stereocenters. The van der Waals surface area contributed by atoms with E-state index in [9.17, 15) is 15.2 Å². The summed E-state index contributed by atoms with van der Waals surface area (Å²) in [5, 5.41) is 24.3. The van der Waals surface area contributed by atoms with E-state index in [1.165, 1.54) is 17.8 Å².